The molecule has 0 radical (unpaired) electrons. The van der Waals surface area contributed by atoms with Crippen LogP contribution in [0.25, 0.3) is 0 Å². The van der Waals surface area contributed by atoms with E-state index in [0.717, 1.165) is 0 Å². The largest absolute Gasteiger partial charge is 0.468 e. The Bertz CT molecular complexity index is 515. The summed E-state index contributed by atoms with van der Waals surface area (Å²) in [5, 5.41) is 0. The Morgan fingerprint density at radius 3 is 2.76 bits per heavy atom. The van der Waals surface area contributed by atoms with E-state index in [0.29, 0.717) is 0 Å². The summed E-state index contributed by atoms with van der Waals surface area (Å²) in [6.07, 6.45) is 1.37. The predicted molar refractivity (Wildman–Crippen MR) is 60.4 cm³/mol. The highest BCUT2D eigenvalue weighted by molar-refractivity contribution is 7.89. The van der Waals surface area contributed by atoms with Gasteiger partial charge in [0.1, 0.15) is 16.8 Å². The quantitative estimate of drug-likeness (QED) is 0.705. The van der Waals surface area contributed by atoms with E-state index in [-0.39, 0.29) is 10.7 Å². The monoisotopic (exact) mass is 259 g/mol. The summed E-state index contributed by atoms with van der Waals surface area (Å²) in [5.41, 5.74) is 5.44. The van der Waals surface area contributed by atoms with Gasteiger partial charge in [-0.2, -0.15) is 4.72 Å². The molecule has 17 heavy (non-hydrogen) atoms. The first-order chi connectivity index (χ1) is 7.88. The first-order valence-corrected chi connectivity index (χ1v) is 6.17. The molecule has 0 saturated heterocycles. The highest BCUT2D eigenvalue weighted by Crippen LogP contribution is 2.14. The van der Waals surface area contributed by atoms with Crippen molar-refractivity contribution >= 4 is 21.8 Å². The molecule has 7 nitrogen and oxygen atoms in total. The van der Waals surface area contributed by atoms with Crippen LogP contribution in [0.3, 0.4) is 0 Å². The molecule has 0 aliphatic heterocycles. The van der Waals surface area contributed by atoms with Crippen LogP contribution >= 0.6 is 0 Å². The zero-order valence-electron chi connectivity index (χ0n) is 9.38. The van der Waals surface area contributed by atoms with Crippen molar-refractivity contribution in [3.05, 3.63) is 18.3 Å². The maximum Gasteiger partial charge on any atom is 0.323 e. The molecule has 1 rings (SSSR count). The number of aromatic nitrogens is 1. The second-order valence-corrected chi connectivity index (χ2v) is 4.94. The lowest BCUT2D eigenvalue weighted by Gasteiger charge is -2.12. The molecule has 1 aromatic heterocycles. The average Bonchev–Trinajstić information content (AvgIpc) is 2.27. The van der Waals surface area contributed by atoms with Crippen molar-refractivity contribution in [1.29, 1.82) is 0 Å². The third-order valence-electron chi connectivity index (χ3n) is 1.98. The van der Waals surface area contributed by atoms with Crippen LogP contribution in [0, 0.1) is 0 Å². The molecule has 1 heterocycles. The van der Waals surface area contributed by atoms with Gasteiger partial charge in [-0.25, -0.2) is 13.4 Å². The van der Waals surface area contributed by atoms with Crippen molar-refractivity contribution in [2.75, 3.05) is 12.8 Å². The first kappa shape index (κ1) is 13.4. The number of esters is 1. The molecule has 1 unspecified atom stereocenters. The van der Waals surface area contributed by atoms with Gasteiger partial charge in [0.15, 0.2) is 0 Å². The number of carbonyl (C=O) groups is 1. The van der Waals surface area contributed by atoms with Gasteiger partial charge in [0.2, 0.25) is 10.0 Å². The van der Waals surface area contributed by atoms with E-state index in [1.54, 1.807) is 0 Å². The number of rotatable bonds is 4. The van der Waals surface area contributed by atoms with Crippen molar-refractivity contribution in [2.24, 2.45) is 0 Å². The predicted octanol–water partition coefficient (Wildman–Crippen LogP) is -0.496. The van der Waals surface area contributed by atoms with Gasteiger partial charge in [-0.15, -0.1) is 0 Å². The van der Waals surface area contributed by atoms with Gasteiger partial charge in [0.25, 0.3) is 0 Å². The number of hydrogen-bond acceptors (Lipinski definition) is 6. The van der Waals surface area contributed by atoms with Crippen LogP contribution in [0.1, 0.15) is 6.92 Å². The fourth-order valence-corrected chi connectivity index (χ4v) is 2.43. The number of nitrogens with two attached hydrogens (primary N) is 1. The Kier molecular flexibility index (Phi) is 4.02. The average molecular weight is 259 g/mol. The van der Waals surface area contributed by atoms with Crippen molar-refractivity contribution in [3.8, 4) is 0 Å². The number of anilines is 1. The number of nitrogens with zero attached hydrogens (tertiary/aromatic N) is 1. The van der Waals surface area contributed by atoms with E-state index in [9.17, 15) is 13.2 Å². The SMILES string of the molecule is COC(=O)C(C)NS(=O)(=O)c1cccnc1N. The summed E-state index contributed by atoms with van der Waals surface area (Å²) in [4.78, 5) is 14.6. The molecule has 1 atom stereocenters. The standard InChI is InChI=1S/C9H13N3O4S/c1-6(9(13)16-2)12-17(14,15)7-4-3-5-11-8(7)10/h3-6,12H,1-2H3,(H2,10,11). The molecule has 0 aromatic carbocycles. The van der Waals surface area contributed by atoms with Gasteiger partial charge in [-0.1, -0.05) is 0 Å². The Morgan fingerprint density at radius 1 is 1.59 bits per heavy atom. The molecule has 3 N–H and O–H groups in total. The topological polar surface area (TPSA) is 111 Å². The minimum absolute atomic E-state index is 0.128. The number of carbonyl (C=O) groups excluding carboxylic acids is 1. The lowest BCUT2D eigenvalue weighted by atomic mass is 10.4. The second-order valence-electron chi connectivity index (χ2n) is 3.25. The molecule has 94 valence electrons. The Morgan fingerprint density at radius 2 is 2.24 bits per heavy atom. The van der Waals surface area contributed by atoms with Gasteiger partial charge in [-0.3, -0.25) is 4.79 Å². The van der Waals surface area contributed by atoms with Crippen LogP contribution in [0.2, 0.25) is 0 Å². The van der Waals surface area contributed by atoms with Crippen LogP contribution in [0.15, 0.2) is 23.2 Å². The highest BCUT2D eigenvalue weighted by Gasteiger charge is 2.24. The van der Waals surface area contributed by atoms with Crippen molar-refractivity contribution in [3.63, 3.8) is 0 Å². The maximum absolute atomic E-state index is 11.8. The Labute approximate surface area is 99.0 Å². The third kappa shape index (κ3) is 3.14. The number of ether oxygens (including phenoxy) is 1. The lowest BCUT2D eigenvalue weighted by molar-refractivity contribution is -0.142. The van der Waals surface area contributed by atoms with Crippen molar-refractivity contribution in [2.45, 2.75) is 17.9 Å². The second kappa shape index (κ2) is 5.11. The van der Waals surface area contributed by atoms with Crippen LogP contribution in [0.4, 0.5) is 5.82 Å². The minimum Gasteiger partial charge on any atom is -0.468 e. The summed E-state index contributed by atoms with van der Waals surface area (Å²) < 4.78 is 30.2. The molecular formula is C9H13N3O4S. The third-order valence-corrected chi connectivity index (χ3v) is 3.56. The van der Waals surface area contributed by atoms with E-state index in [4.69, 9.17) is 5.73 Å². The molecule has 0 saturated carbocycles. The van der Waals surface area contributed by atoms with E-state index >= 15 is 0 Å². The number of nitrogens with one attached hydrogen (secondary N) is 1. The summed E-state index contributed by atoms with van der Waals surface area (Å²) >= 11 is 0. The molecule has 0 aliphatic rings. The number of hydrogen-bond donors (Lipinski definition) is 2. The van der Waals surface area contributed by atoms with Crippen LogP contribution in [-0.2, 0) is 19.6 Å². The molecule has 0 aliphatic carbocycles. The van der Waals surface area contributed by atoms with E-state index in [1.165, 1.54) is 32.4 Å². The summed E-state index contributed by atoms with van der Waals surface area (Å²) in [6, 6.07) is 1.74. The smallest absolute Gasteiger partial charge is 0.323 e. The number of pyridine rings is 1. The Hall–Kier alpha value is -1.67. The van der Waals surface area contributed by atoms with Crippen molar-refractivity contribution < 1.29 is 17.9 Å². The van der Waals surface area contributed by atoms with E-state index < -0.39 is 22.0 Å². The summed E-state index contributed by atoms with van der Waals surface area (Å²) in [5.74, 6) is -0.812. The first-order valence-electron chi connectivity index (χ1n) is 4.69. The number of methoxy groups -OCH3 is 1. The zero-order chi connectivity index (χ0) is 13.1. The maximum atomic E-state index is 11.8. The van der Waals surface area contributed by atoms with E-state index in [2.05, 4.69) is 14.4 Å². The van der Waals surface area contributed by atoms with Crippen LogP contribution in [0.5, 0.6) is 0 Å². The van der Waals surface area contributed by atoms with Gasteiger partial charge in [0, 0.05) is 6.20 Å². The molecular weight excluding hydrogens is 246 g/mol. The normalized spacial score (nSPS) is 13.1. The molecule has 0 fully saturated rings. The van der Waals surface area contributed by atoms with Gasteiger partial charge >= 0.3 is 5.97 Å². The van der Waals surface area contributed by atoms with Crippen molar-refractivity contribution in [1.82, 2.24) is 9.71 Å². The van der Waals surface area contributed by atoms with E-state index in [1.807, 2.05) is 0 Å². The molecule has 0 amide bonds. The summed E-state index contributed by atoms with van der Waals surface area (Å²) in [6.45, 7) is 1.37. The molecule has 8 heteroatoms. The molecule has 0 bridgehead atoms. The number of nitrogen functional groups attached to an aromatic ring is 1. The van der Waals surface area contributed by atoms with Crippen LogP contribution in [-0.4, -0.2) is 32.5 Å². The van der Waals surface area contributed by atoms with Gasteiger partial charge < -0.3 is 10.5 Å². The molecule has 0 spiro atoms. The fourth-order valence-electron chi connectivity index (χ4n) is 1.15. The fraction of sp³-hybridized carbons (Fsp3) is 0.333. The Balaban J connectivity index is 2.98. The number of sulfonamides is 1. The van der Waals surface area contributed by atoms with Gasteiger partial charge in [-0.05, 0) is 19.1 Å². The summed E-state index contributed by atoms with van der Waals surface area (Å²) in [7, 11) is -2.71. The molecule has 1 aromatic rings. The lowest BCUT2D eigenvalue weighted by Crippen LogP contribution is -2.39. The highest BCUT2D eigenvalue weighted by atomic mass is 32.2. The zero-order valence-corrected chi connectivity index (χ0v) is 10.2. The van der Waals surface area contributed by atoms with Crippen LogP contribution < -0.4 is 10.5 Å². The minimum atomic E-state index is -3.88. The van der Waals surface area contributed by atoms with Gasteiger partial charge in [0.05, 0.1) is 7.11 Å².